The van der Waals surface area contributed by atoms with Gasteiger partial charge in [0.1, 0.15) is 6.54 Å². The van der Waals surface area contributed by atoms with E-state index < -0.39 is 23.5 Å². The predicted octanol–water partition coefficient (Wildman–Crippen LogP) is 2.72. The van der Waals surface area contributed by atoms with Crippen LogP contribution in [-0.4, -0.2) is 41.2 Å². The summed E-state index contributed by atoms with van der Waals surface area (Å²) >= 11 is 0. The molecule has 0 aliphatic heterocycles. The van der Waals surface area contributed by atoms with Gasteiger partial charge in [0.15, 0.2) is 17.3 Å². The summed E-state index contributed by atoms with van der Waals surface area (Å²) in [4.78, 5) is 36.0. The van der Waals surface area contributed by atoms with Crippen LogP contribution in [0.25, 0.3) is 5.69 Å². The lowest BCUT2D eigenvalue weighted by atomic mass is 10.1. The molecule has 2 aromatic carbocycles. The molecule has 10 heteroatoms. The third-order valence-electron chi connectivity index (χ3n) is 5.53. The van der Waals surface area contributed by atoms with Crippen LogP contribution in [0.3, 0.4) is 0 Å². The summed E-state index contributed by atoms with van der Waals surface area (Å²) in [5, 5.41) is 9.64. The van der Waals surface area contributed by atoms with Crippen molar-refractivity contribution >= 4 is 23.5 Å². The quantitative estimate of drug-likeness (QED) is 0.519. The molecule has 8 nitrogen and oxygen atoms in total. The summed E-state index contributed by atoms with van der Waals surface area (Å²) in [6.07, 6.45) is 2.25. The number of ether oxygens (including phenoxy) is 1. The molecule has 0 spiro atoms. The number of esters is 1. The van der Waals surface area contributed by atoms with Crippen molar-refractivity contribution in [2.45, 2.75) is 25.7 Å². The van der Waals surface area contributed by atoms with E-state index in [1.165, 1.54) is 17.9 Å². The largest absolute Gasteiger partial charge is 0.468 e. The molecule has 1 aliphatic carbocycles. The lowest BCUT2D eigenvalue weighted by Crippen LogP contribution is -2.31. The van der Waals surface area contributed by atoms with E-state index in [0.29, 0.717) is 29.8 Å². The highest BCUT2D eigenvalue weighted by molar-refractivity contribution is 6.04. The highest BCUT2D eigenvalue weighted by Gasteiger charge is 2.27. The maximum atomic E-state index is 13.7. The SMILES string of the molecule is COC(=O)CNC(=O)Cc1ccc(NC(=O)c2nn(-c3ccc(F)c(F)c3)c3c2CCC3)cc1. The van der Waals surface area contributed by atoms with Crippen LogP contribution in [0.1, 0.15) is 33.7 Å². The molecular weight excluding hydrogens is 446 g/mol. The van der Waals surface area contributed by atoms with Crippen molar-refractivity contribution in [2.24, 2.45) is 0 Å². The molecule has 4 rings (SSSR count). The monoisotopic (exact) mass is 468 g/mol. The number of halogens is 2. The molecule has 0 bridgehead atoms. The van der Waals surface area contributed by atoms with Crippen LogP contribution < -0.4 is 10.6 Å². The minimum absolute atomic E-state index is 0.0668. The molecule has 2 amide bonds. The number of nitrogens with zero attached hydrogens (tertiary/aromatic N) is 2. The van der Waals surface area contributed by atoms with Gasteiger partial charge < -0.3 is 15.4 Å². The lowest BCUT2D eigenvalue weighted by Gasteiger charge is -2.07. The molecule has 1 aromatic heterocycles. The van der Waals surface area contributed by atoms with Gasteiger partial charge in [-0.15, -0.1) is 0 Å². The fourth-order valence-electron chi connectivity index (χ4n) is 3.84. The van der Waals surface area contributed by atoms with Gasteiger partial charge in [0.25, 0.3) is 5.91 Å². The van der Waals surface area contributed by atoms with Crippen LogP contribution in [0.15, 0.2) is 42.5 Å². The number of benzene rings is 2. The van der Waals surface area contributed by atoms with Crippen molar-refractivity contribution in [1.82, 2.24) is 15.1 Å². The summed E-state index contributed by atoms with van der Waals surface area (Å²) < 4.78 is 33.0. The number of nitrogens with one attached hydrogen (secondary N) is 2. The van der Waals surface area contributed by atoms with Crippen LogP contribution in [0.2, 0.25) is 0 Å². The third kappa shape index (κ3) is 4.95. The Morgan fingerprint density at radius 2 is 1.82 bits per heavy atom. The van der Waals surface area contributed by atoms with Gasteiger partial charge in [0.05, 0.1) is 19.2 Å². The summed E-state index contributed by atoms with van der Waals surface area (Å²) in [7, 11) is 1.24. The van der Waals surface area contributed by atoms with Gasteiger partial charge in [-0.05, 0) is 49.1 Å². The van der Waals surface area contributed by atoms with E-state index in [-0.39, 0.29) is 24.6 Å². The fourth-order valence-corrected chi connectivity index (χ4v) is 3.84. The predicted molar refractivity (Wildman–Crippen MR) is 119 cm³/mol. The molecule has 0 fully saturated rings. The van der Waals surface area contributed by atoms with E-state index in [9.17, 15) is 23.2 Å². The van der Waals surface area contributed by atoms with E-state index in [4.69, 9.17) is 0 Å². The van der Waals surface area contributed by atoms with Gasteiger partial charge in [-0.25, -0.2) is 13.5 Å². The number of anilines is 1. The molecule has 1 aliphatic rings. The lowest BCUT2D eigenvalue weighted by molar-refractivity contribution is -0.141. The number of hydrogen-bond donors (Lipinski definition) is 2. The maximum absolute atomic E-state index is 13.7. The smallest absolute Gasteiger partial charge is 0.325 e. The van der Waals surface area contributed by atoms with Crippen LogP contribution in [-0.2, 0) is 33.6 Å². The molecule has 0 atom stereocenters. The fraction of sp³-hybridized carbons (Fsp3) is 0.250. The molecule has 0 saturated heterocycles. The Labute approximate surface area is 193 Å². The van der Waals surface area contributed by atoms with Gasteiger partial charge in [-0.1, -0.05) is 12.1 Å². The molecule has 3 aromatic rings. The number of methoxy groups -OCH3 is 1. The topological polar surface area (TPSA) is 102 Å². The summed E-state index contributed by atoms with van der Waals surface area (Å²) in [6, 6.07) is 10.2. The average molecular weight is 468 g/mol. The first-order valence-electron chi connectivity index (χ1n) is 10.7. The molecule has 2 N–H and O–H groups in total. The molecule has 0 radical (unpaired) electrons. The second-order valence-electron chi connectivity index (χ2n) is 7.82. The Kier molecular flexibility index (Phi) is 6.67. The van der Waals surface area contributed by atoms with E-state index in [2.05, 4.69) is 20.5 Å². The number of carbonyl (C=O) groups is 3. The van der Waals surface area contributed by atoms with Crippen LogP contribution in [0.5, 0.6) is 0 Å². The Balaban J connectivity index is 1.45. The second kappa shape index (κ2) is 9.82. The van der Waals surface area contributed by atoms with Crippen LogP contribution in [0.4, 0.5) is 14.5 Å². The van der Waals surface area contributed by atoms with Gasteiger partial charge in [0, 0.05) is 23.0 Å². The number of amides is 2. The van der Waals surface area contributed by atoms with E-state index in [0.717, 1.165) is 29.8 Å². The summed E-state index contributed by atoms with van der Waals surface area (Å²) in [5.74, 6) is -3.21. The number of hydrogen-bond acceptors (Lipinski definition) is 5. The average Bonchev–Trinajstić information content (AvgIpc) is 3.43. The first kappa shape index (κ1) is 23.1. The van der Waals surface area contributed by atoms with E-state index in [1.54, 1.807) is 24.3 Å². The van der Waals surface area contributed by atoms with Gasteiger partial charge >= 0.3 is 5.97 Å². The Bertz CT molecular complexity index is 1250. The van der Waals surface area contributed by atoms with Crippen molar-refractivity contribution in [3.05, 3.63) is 76.6 Å². The zero-order valence-corrected chi connectivity index (χ0v) is 18.4. The molecule has 0 saturated carbocycles. The van der Waals surface area contributed by atoms with Gasteiger partial charge in [-0.2, -0.15) is 5.10 Å². The molecule has 1 heterocycles. The first-order valence-corrected chi connectivity index (χ1v) is 10.7. The Hall–Kier alpha value is -4.08. The van der Waals surface area contributed by atoms with Crippen molar-refractivity contribution in [3.8, 4) is 5.69 Å². The van der Waals surface area contributed by atoms with Crippen molar-refractivity contribution in [1.29, 1.82) is 0 Å². The minimum Gasteiger partial charge on any atom is -0.468 e. The second-order valence-corrected chi connectivity index (χ2v) is 7.82. The number of aromatic nitrogens is 2. The number of rotatable bonds is 7. The summed E-state index contributed by atoms with van der Waals surface area (Å²) in [6.45, 7) is -0.203. The Morgan fingerprint density at radius 3 is 2.53 bits per heavy atom. The van der Waals surface area contributed by atoms with Crippen molar-refractivity contribution in [3.63, 3.8) is 0 Å². The highest BCUT2D eigenvalue weighted by Crippen LogP contribution is 2.29. The van der Waals surface area contributed by atoms with Crippen molar-refractivity contribution < 1.29 is 27.9 Å². The van der Waals surface area contributed by atoms with E-state index in [1.807, 2.05) is 0 Å². The zero-order chi connectivity index (χ0) is 24.2. The standard InChI is InChI=1S/C24H22F2N4O4/c1-34-22(32)13-27-21(31)11-14-5-7-15(8-6-14)28-24(33)23-17-3-2-4-20(17)30(29-23)16-9-10-18(25)19(26)12-16/h5-10,12H,2-4,11,13H2,1H3,(H,27,31)(H,28,33). The van der Waals surface area contributed by atoms with E-state index >= 15 is 0 Å². The Morgan fingerprint density at radius 1 is 1.06 bits per heavy atom. The number of carbonyl (C=O) groups excluding carboxylic acids is 3. The molecule has 176 valence electrons. The summed E-state index contributed by atoms with van der Waals surface area (Å²) in [5.41, 5.74) is 3.40. The first-order chi connectivity index (χ1) is 16.4. The maximum Gasteiger partial charge on any atom is 0.325 e. The van der Waals surface area contributed by atoms with Gasteiger partial charge in [0.2, 0.25) is 5.91 Å². The number of fused-ring (bicyclic) bond motifs is 1. The molecule has 0 unspecified atom stereocenters. The van der Waals surface area contributed by atoms with Crippen LogP contribution >= 0.6 is 0 Å². The van der Waals surface area contributed by atoms with Gasteiger partial charge in [-0.3, -0.25) is 14.4 Å². The van der Waals surface area contributed by atoms with Crippen LogP contribution in [0, 0.1) is 11.6 Å². The zero-order valence-electron chi connectivity index (χ0n) is 18.4. The third-order valence-corrected chi connectivity index (χ3v) is 5.53. The van der Waals surface area contributed by atoms with Crippen molar-refractivity contribution in [2.75, 3.05) is 19.0 Å². The molecular formula is C24H22F2N4O4. The molecule has 34 heavy (non-hydrogen) atoms. The normalized spacial score (nSPS) is 12.2. The minimum atomic E-state index is -0.982. The highest BCUT2D eigenvalue weighted by atomic mass is 19.2.